The van der Waals surface area contributed by atoms with Gasteiger partial charge in [-0.2, -0.15) is 0 Å². The summed E-state index contributed by atoms with van der Waals surface area (Å²) in [6.07, 6.45) is -3.96. The van der Waals surface area contributed by atoms with Gasteiger partial charge >= 0.3 is 17.9 Å². The molecule has 0 rings (SSSR count). The van der Waals surface area contributed by atoms with E-state index < -0.39 is 44.1 Å². The van der Waals surface area contributed by atoms with E-state index in [1.165, 1.54) is 0 Å². The average molecular weight is 264 g/mol. The fraction of sp³-hybridized carbons (Fsp3) is 0.500. The van der Waals surface area contributed by atoms with Gasteiger partial charge in [-0.15, -0.1) is 0 Å². The van der Waals surface area contributed by atoms with Crippen LogP contribution in [0, 0.1) is 0 Å². The predicted octanol–water partition coefficient (Wildman–Crippen LogP) is -0.247. The van der Waals surface area contributed by atoms with Crippen molar-refractivity contribution in [2.45, 2.75) is 26.1 Å². The lowest BCUT2D eigenvalue weighted by molar-refractivity contribution is -0.178. The molecule has 94 valence electrons. The van der Waals surface area contributed by atoms with Gasteiger partial charge in [0.2, 0.25) is 20.7 Å². The molecule has 0 heterocycles. The van der Waals surface area contributed by atoms with Crippen molar-refractivity contribution in [3.63, 3.8) is 0 Å². The second-order valence-corrected chi connectivity index (χ2v) is 3.45. The molecule has 0 aromatic heterocycles. The number of hydrogen-bond donors (Lipinski definition) is 1. The second-order valence-electron chi connectivity index (χ2n) is 2.83. The highest BCUT2D eigenvalue weighted by Crippen LogP contribution is 2.13. The van der Waals surface area contributed by atoms with E-state index in [9.17, 15) is 23.7 Å². The summed E-state index contributed by atoms with van der Waals surface area (Å²) in [4.78, 5) is 43.2. The Morgan fingerprint density at radius 3 is 1.71 bits per heavy atom. The lowest BCUT2D eigenvalue weighted by atomic mass is 10.2. The van der Waals surface area contributed by atoms with Crippen LogP contribution in [0.5, 0.6) is 0 Å². The first-order valence-corrected chi connectivity index (χ1v) is 5.05. The van der Waals surface area contributed by atoms with Crippen LogP contribution in [0.3, 0.4) is 0 Å². The molecule has 0 unspecified atom stereocenters. The molecular formula is C8H9O8P. The smallest absolute Gasteiger partial charge is 0.349 e. The molecule has 1 N–H and O–H groups in total. The van der Waals surface area contributed by atoms with Crippen LogP contribution < -0.4 is 0 Å². The quantitative estimate of drug-likeness (QED) is 0.514. The van der Waals surface area contributed by atoms with E-state index in [-0.39, 0.29) is 0 Å². The molecule has 0 amide bonds. The lowest BCUT2D eigenvalue weighted by Crippen LogP contribution is -2.43. The molecule has 0 aromatic carbocycles. The van der Waals surface area contributed by atoms with Crippen molar-refractivity contribution in [1.29, 1.82) is 0 Å². The summed E-state index contributed by atoms with van der Waals surface area (Å²) >= 11 is 0. The zero-order valence-corrected chi connectivity index (χ0v) is 9.80. The molecule has 0 radical (unpaired) electrons. The SMILES string of the molecule is CC(=O)O[C@@H](C(=O)O)[C@@H](OC(C)=O)C(=O)P=O. The van der Waals surface area contributed by atoms with E-state index in [0.717, 1.165) is 13.8 Å². The van der Waals surface area contributed by atoms with E-state index in [1.807, 2.05) is 0 Å². The monoisotopic (exact) mass is 264 g/mol. The molecule has 0 aliphatic heterocycles. The first-order valence-electron chi connectivity index (χ1n) is 4.24. The first-order chi connectivity index (χ1) is 7.79. The molecule has 0 spiro atoms. The summed E-state index contributed by atoms with van der Waals surface area (Å²) in [7, 11) is -1.05. The number of carboxylic acid groups (broad SMARTS) is 1. The number of ether oxygens (including phenoxy) is 2. The third-order valence-corrected chi connectivity index (χ3v) is 1.87. The number of aliphatic carboxylic acids is 1. The van der Waals surface area contributed by atoms with Gasteiger partial charge in [-0.3, -0.25) is 18.9 Å². The minimum absolute atomic E-state index is 0.917. The zero-order chi connectivity index (χ0) is 13.6. The molecular weight excluding hydrogens is 255 g/mol. The van der Waals surface area contributed by atoms with E-state index in [0.29, 0.717) is 0 Å². The molecule has 0 fully saturated rings. The summed E-state index contributed by atoms with van der Waals surface area (Å²) in [5, 5.41) is 8.72. The van der Waals surface area contributed by atoms with Gasteiger partial charge < -0.3 is 14.6 Å². The van der Waals surface area contributed by atoms with Gasteiger partial charge in [0, 0.05) is 13.8 Å². The third kappa shape index (κ3) is 5.17. The summed E-state index contributed by atoms with van der Waals surface area (Å²) in [6.45, 7) is 1.84. The van der Waals surface area contributed by atoms with Crippen LogP contribution in [0.2, 0.25) is 0 Å². The van der Waals surface area contributed by atoms with Crippen LogP contribution in [0.15, 0.2) is 0 Å². The number of carbonyl (C=O) groups is 4. The first kappa shape index (κ1) is 15.2. The Morgan fingerprint density at radius 2 is 1.41 bits per heavy atom. The van der Waals surface area contributed by atoms with Gasteiger partial charge in [0.1, 0.15) is 0 Å². The number of hydrogen-bond acceptors (Lipinski definition) is 7. The number of rotatable bonds is 6. The predicted molar refractivity (Wildman–Crippen MR) is 51.4 cm³/mol. The highest BCUT2D eigenvalue weighted by molar-refractivity contribution is 7.46. The molecule has 0 aromatic rings. The Morgan fingerprint density at radius 1 is 1.00 bits per heavy atom. The van der Waals surface area contributed by atoms with Crippen molar-refractivity contribution >= 4 is 31.9 Å². The van der Waals surface area contributed by atoms with Crippen LogP contribution in [0.1, 0.15) is 13.8 Å². The summed E-state index contributed by atoms with van der Waals surface area (Å²) in [6, 6.07) is 0. The normalized spacial score (nSPS) is 13.5. The molecule has 0 saturated heterocycles. The number of carboxylic acids is 1. The third-order valence-electron chi connectivity index (χ3n) is 1.44. The highest BCUT2D eigenvalue weighted by Gasteiger charge is 2.39. The van der Waals surface area contributed by atoms with E-state index in [1.54, 1.807) is 0 Å². The molecule has 2 atom stereocenters. The van der Waals surface area contributed by atoms with Crippen molar-refractivity contribution in [3.8, 4) is 0 Å². The van der Waals surface area contributed by atoms with Gasteiger partial charge in [0.05, 0.1) is 0 Å². The van der Waals surface area contributed by atoms with Crippen molar-refractivity contribution in [3.05, 3.63) is 0 Å². The van der Waals surface area contributed by atoms with Crippen LogP contribution in [0.4, 0.5) is 0 Å². The van der Waals surface area contributed by atoms with Crippen LogP contribution in [-0.2, 0) is 33.2 Å². The van der Waals surface area contributed by atoms with Gasteiger partial charge in [0.25, 0.3) is 5.52 Å². The Balaban J connectivity index is 5.12. The largest absolute Gasteiger partial charge is 0.478 e. The Hall–Kier alpha value is -1.82. The molecule has 17 heavy (non-hydrogen) atoms. The molecule has 8 nitrogen and oxygen atoms in total. The van der Waals surface area contributed by atoms with Crippen molar-refractivity contribution in [2.24, 2.45) is 0 Å². The summed E-state index contributed by atoms with van der Waals surface area (Å²) in [5.41, 5.74) is -1.21. The van der Waals surface area contributed by atoms with Crippen molar-refractivity contribution < 1.29 is 38.3 Å². The lowest BCUT2D eigenvalue weighted by Gasteiger charge is -2.19. The molecule has 9 heteroatoms. The van der Waals surface area contributed by atoms with Gasteiger partial charge in [-0.1, -0.05) is 0 Å². The Labute approximate surface area is 97.1 Å². The van der Waals surface area contributed by atoms with Crippen LogP contribution in [0.25, 0.3) is 0 Å². The number of esters is 2. The number of carbonyl (C=O) groups excluding carboxylic acids is 3. The van der Waals surface area contributed by atoms with E-state index >= 15 is 0 Å². The second kappa shape index (κ2) is 6.70. The van der Waals surface area contributed by atoms with Gasteiger partial charge in [0.15, 0.2) is 0 Å². The highest BCUT2D eigenvalue weighted by atomic mass is 31.1. The van der Waals surface area contributed by atoms with E-state index in [4.69, 9.17) is 5.11 Å². The van der Waals surface area contributed by atoms with E-state index in [2.05, 4.69) is 9.47 Å². The average Bonchev–Trinajstić information content (AvgIpc) is 2.21. The van der Waals surface area contributed by atoms with Crippen molar-refractivity contribution in [2.75, 3.05) is 0 Å². The molecule has 0 bridgehead atoms. The maximum Gasteiger partial charge on any atom is 0.349 e. The molecule has 0 aliphatic carbocycles. The minimum Gasteiger partial charge on any atom is -0.478 e. The van der Waals surface area contributed by atoms with Crippen LogP contribution >= 0.6 is 8.46 Å². The summed E-state index contributed by atoms with van der Waals surface area (Å²) < 4.78 is 19.1. The Kier molecular flexibility index (Phi) is 5.98. The Bertz CT molecular complexity index is 363. The molecule has 0 saturated carbocycles. The fourth-order valence-electron chi connectivity index (χ4n) is 0.893. The van der Waals surface area contributed by atoms with Crippen molar-refractivity contribution in [1.82, 2.24) is 0 Å². The maximum atomic E-state index is 11.1. The fourth-order valence-corrected chi connectivity index (χ4v) is 1.18. The standard InChI is InChI=1S/C8H9O8P/c1-3(9)15-5(7(11)12)6(8(13)17-14)16-4(2)10/h5-6H,1-2H3,(H,11,12)/t5-,6-/m1/s1. The van der Waals surface area contributed by atoms with Gasteiger partial charge in [-0.25, -0.2) is 4.79 Å². The maximum absolute atomic E-state index is 11.1. The topological polar surface area (TPSA) is 124 Å². The van der Waals surface area contributed by atoms with Crippen LogP contribution in [-0.4, -0.2) is 40.7 Å². The molecule has 0 aliphatic rings. The van der Waals surface area contributed by atoms with Gasteiger partial charge in [-0.05, 0) is 0 Å². The zero-order valence-electron chi connectivity index (χ0n) is 8.91. The summed E-state index contributed by atoms with van der Waals surface area (Å²) in [5.74, 6) is -3.64. The minimum atomic E-state index is -2.02.